The highest BCUT2D eigenvalue weighted by atomic mass is 15.5. The van der Waals surface area contributed by atoms with Crippen LogP contribution in [0, 0.1) is 0 Å². The first-order chi connectivity index (χ1) is 8.94. The van der Waals surface area contributed by atoms with E-state index in [1.54, 1.807) is 0 Å². The summed E-state index contributed by atoms with van der Waals surface area (Å²) in [6.07, 6.45) is 9.07. The Morgan fingerprint density at radius 1 is 0.895 bits per heavy atom. The topological polar surface area (TPSA) is 6.48 Å². The Balaban J connectivity index is 3.21. The Hall–Kier alpha value is -0.0800. The van der Waals surface area contributed by atoms with Crippen molar-refractivity contribution in [1.29, 1.82) is 0 Å². The first kappa shape index (κ1) is 17.0. The molecular weight excluding hydrogens is 232 g/mol. The Morgan fingerprint density at radius 3 is 1.79 bits per heavy atom. The lowest BCUT2D eigenvalue weighted by molar-refractivity contribution is 0.0185. The van der Waals surface area contributed by atoms with Gasteiger partial charge in [-0.15, -0.1) is 0 Å². The molecule has 0 bridgehead atoms. The predicted molar refractivity (Wildman–Crippen MR) is 85.5 cm³/mol. The number of hydrogen-bond acceptors (Lipinski definition) is 2. The zero-order chi connectivity index (χ0) is 14.7. The highest BCUT2D eigenvalue weighted by Crippen LogP contribution is 2.48. The number of hydrogen-bond donors (Lipinski definition) is 0. The monoisotopic (exact) mass is 268 g/mol. The second kappa shape index (κ2) is 6.58. The van der Waals surface area contributed by atoms with Crippen molar-refractivity contribution in [3.63, 3.8) is 0 Å². The van der Waals surface area contributed by atoms with Crippen LogP contribution < -0.4 is 0 Å². The fraction of sp³-hybridized carbons (Fsp3) is 1.00. The van der Waals surface area contributed by atoms with Gasteiger partial charge >= 0.3 is 0 Å². The quantitative estimate of drug-likeness (QED) is 0.671. The maximum Gasteiger partial charge on any atom is 0.0709 e. The van der Waals surface area contributed by atoms with Gasteiger partial charge in [0.2, 0.25) is 0 Å². The zero-order valence-corrected chi connectivity index (χ0v) is 14.4. The van der Waals surface area contributed by atoms with E-state index in [1.165, 1.54) is 44.9 Å². The van der Waals surface area contributed by atoms with E-state index in [0.717, 1.165) is 0 Å². The van der Waals surface area contributed by atoms with E-state index in [-0.39, 0.29) is 5.66 Å². The molecule has 0 N–H and O–H groups in total. The van der Waals surface area contributed by atoms with Crippen LogP contribution in [-0.4, -0.2) is 41.1 Å². The molecule has 0 aromatic rings. The molecule has 0 aromatic heterocycles. The van der Waals surface area contributed by atoms with E-state index < -0.39 is 0 Å². The van der Waals surface area contributed by atoms with Crippen molar-refractivity contribution in [3.8, 4) is 0 Å². The van der Waals surface area contributed by atoms with Crippen molar-refractivity contribution >= 4 is 0 Å². The van der Waals surface area contributed by atoms with Crippen LogP contribution in [0.2, 0.25) is 0 Å². The highest BCUT2D eigenvalue weighted by Gasteiger charge is 2.57. The first-order valence-electron chi connectivity index (χ1n) is 8.41. The van der Waals surface area contributed by atoms with Gasteiger partial charge in [0.05, 0.1) is 5.66 Å². The standard InChI is InChI=1S/C17H36N2/c1-8-12-15-17(13-9-2,14-10-3)19(7)16(5,11-4)18(15)6/h15H,8-14H2,1-7H3. The fourth-order valence-electron chi connectivity index (χ4n) is 4.52. The van der Waals surface area contributed by atoms with Crippen LogP contribution in [0.5, 0.6) is 0 Å². The summed E-state index contributed by atoms with van der Waals surface area (Å²) in [5, 5.41) is 0. The molecule has 114 valence electrons. The second-order valence-corrected chi connectivity index (χ2v) is 6.65. The molecule has 1 saturated heterocycles. The molecule has 0 aliphatic carbocycles. The van der Waals surface area contributed by atoms with Crippen LogP contribution >= 0.6 is 0 Å². The third-order valence-corrected chi connectivity index (χ3v) is 5.84. The summed E-state index contributed by atoms with van der Waals surface area (Å²) in [5.74, 6) is 0. The molecule has 0 radical (unpaired) electrons. The van der Waals surface area contributed by atoms with Crippen LogP contribution in [0.25, 0.3) is 0 Å². The lowest BCUT2D eigenvalue weighted by Crippen LogP contribution is -2.53. The van der Waals surface area contributed by atoms with Gasteiger partial charge in [0.15, 0.2) is 0 Å². The van der Waals surface area contributed by atoms with Crippen LogP contribution in [0.3, 0.4) is 0 Å². The van der Waals surface area contributed by atoms with Crippen molar-refractivity contribution in [1.82, 2.24) is 9.80 Å². The van der Waals surface area contributed by atoms with Gasteiger partial charge in [-0.25, -0.2) is 0 Å². The molecule has 1 fully saturated rings. The molecule has 0 aromatic carbocycles. The van der Waals surface area contributed by atoms with E-state index >= 15 is 0 Å². The summed E-state index contributed by atoms with van der Waals surface area (Å²) in [5.41, 5.74) is 0.614. The van der Waals surface area contributed by atoms with Crippen molar-refractivity contribution < 1.29 is 0 Å². The average molecular weight is 268 g/mol. The third kappa shape index (κ3) is 2.58. The van der Waals surface area contributed by atoms with Gasteiger partial charge in [-0.05, 0) is 46.7 Å². The summed E-state index contributed by atoms with van der Waals surface area (Å²) >= 11 is 0. The molecule has 19 heavy (non-hydrogen) atoms. The number of likely N-dealkylation sites (N-methyl/N-ethyl adjacent to an activating group) is 2. The van der Waals surface area contributed by atoms with Crippen molar-refractivity contribution in [3.05, 3.63) is 0 Å². The molecule has 2 atom stereocenters. The van der Waals surface area contributed by atoms with Crippen LogP contribution in [0.1, 0.15) is 79.6 Å². The lowest BCUT2D eigenvalue weighted by Gasteiger charge is -2.44. The van der Waals surface area contributed by atoms with E-state index in [0.29, 0.717) is 11.6 Å². The third-order valence-electron chi connectivity index (χ3n) is 5.84. The smallest absolute Gasteiger partial charge is 0.0709 e. The molecule has 2 nitrogen and oxygen atoms in total. The van der Waals surface area contributed by atoms with Crippen LogP contribution in [-0.2, 0) is 0 Å². The Kier molecular flexibility index (Phi) is 5.88. The van der Waals surface area contributed by atoms with E-state index in [1.807, 2.05) is 0 Å². The van der Waals surface area contributed by atoms with Gasteiger partial charge in [0.1, 0.15) is 0 Å². The van der Waals surface area contributed by atoms with Crippen molar-refractivity contribution in [2.45, 2.75) is 96.8 Å². The molecule has 0 amide bonds. The van der Waals surface area contributed by atoms with E-state index in [9.17, 15) is 0 Å². The van der Waals surface area contributed by atoms with Gasteiger partial charge in [-0.3, -0.25) is 9.80 Å². The summed E-state index contributed by atoms with van der Waals surface area (Å²) in [4.78, 5) is 5.41. The number of rotatable bonds is 7. The number of nitrogens with zero attached hydrogens (tertiary/aromatic N) is 2. The van der Waals surface area contributed by atoms with Crippen LogP contribution in [0.15, 0.2) is 0 Å². The van der Waals surface area contributed by atoms with Gasteiger partial charge in [-0.1, -0.05) is 47.0 Å². The molecule has 1 rings (SSSR count). The molecule has 0 saturated carbocycles. The molecule has 0 spiro atoms. The molecule has 2 unspecified atom stereocenters. The Bertz CT molecular complexity index is 270. The zero-order valence-electron chi connectivity index (χ0n) is 14.4. The average Bonchev–Trinajstić information content (AvgIpc) is 2.54. The maximum atomic E-state index is 2.73. The minimum Gasteiger partial charge on any atom is -0.284 e. The molecule has 1 heterocycles. The van der Waals surface area contributed by atoms with Crippen molar-refractivity contribution in [2.24, 2.45) is 0 Å². The molecule has 2 heteroatoms. The predicted octanol–water partition coefficient (Wildman–Crippen LogP) is 4.50. The van der Waals surface area contributed by atoms with E-state index in [2.05, 4.69) is 58.5 Å². The largest absolute Gasteiger partial charge is 0.284 e. The highest BCUT2D eigenvalue weighted by molar-refractivity contribution is 5.11. The summed E-state index contributed by atoms with van der Waals surface area (Å²) in [7, 11) is 4.73. The Labute approximate surface area is 121 Å². The summed E-state index contributed by atoms with van der Waals surface area (Å²) < 4.78 is 0. The molecule has 1 aliphatic rings. The Morgan fingerprint density at radius 2 is 1.42 bits per heavy atom. The van der Waals surface area contributed by atoms with Gasteiger partial charge in [0, 0.05) is 11.6 Å². The SMILES string of the molecule is CCCC1N(C)C(C)(CC)N(C)C1(CCC)CCC. The molecule has 1 aliphatic heterocycles. The summed E-state index contributed by atoms with van der Waals surface area (Å²) in [6.45, 7) is 11.8. The first-order valence-corrected chi connectivity index (χ1v) is 8.41. The maximum absolute atomic E-state index is 2.73. The minimum atomic E-state index is 0.226. The fourth-order valence-corrected chi connectivity index (χ4v) is 4.52. The molecular formula is C17H36N2. The van der Waals surface area contributed by atoms with Gasteiger partial charge in [-0.2, -0.15) is 0 Å². The van der Waals surface area contributed by atoms with Gasteiger partial charge < -0.3 is 0 Å². The van der Waals surface area contributed by atoms with Gasteiger partial charge in [0.25, 0.3) is 0 Å². The lowest BCUT2D eigenvalue weighted by atomic mass is 9.79. The normalized spacial score (nSPS) is 32.1. The minimum absolute atomic E-state index is 0.226. The summed E-state index contributed by atoms with van der Waals surface area (Å²) in [6, 6.07) is 0.715. The van der Waals surface area contributed by atoms with Crippen LogP contribution in [0.4, 0.5) is 0 Å². The van der Waals surface area contributed by atoms with Crippen molar-refractivity contribution in [2.75, 3.05) is 14.1 Å². The van der Waals surface area contributed by atoms with E-state index in [4.69, 9.17) is 0 Å². The second-order valence-electron chi connectivity index (χ2n) is 6.65.